The summed E-state index contributed by atoms with van der Waals surface area (Å²) in [5.41, 5.74) is 1.06. The van der Waals surface area contributed by atoms with Crippen LogP contribution in [-0.4, -0.2) is 21.6 Å². The van der Waals surface area contributed by atoms with Gasteiger partial charge in [0, 0.05) is 6.04 Å². The molecule has 3 aromatic carbocycles. The van der Waals surface area contributed by atoms with Gasteiger partial charge in [-0.2, -0.15) is 0 Å². The Labute approximate surface area is 167 Å². The molecule has 1 atom stereocenters. The highest BCUT2D eigenvalue weighted by atomic mass is 32.2. The molecule has 0 aromatic heterocycles. The molecule has 28 heavy (non-hydrogen) atoms. The summed E-state index contributed by atoms with van der Waals surface area (Å²) in [4.78, 5) is 0.273. The van der Waals surface area contributed by atoms with Crippen LogP contribution in [0.4, 0.5) is 0 Å². The maximum absolute atomic E-state index is 12.9. The lowest BCUT2D eigenvalue weighted by molar-refractivity contribution is 0.415. The second-order valence-corrected chi connectivity index (χ2v) is 9.57. The average Bonchev–Trinajstić information content (AvgIpc) is 2.66. The first-order valence-electron chi connectivity index (χ1n) is 9.37. The molecule has 0 heterocycles. The lowest BCUT2D eigenvalue weighted by Gasteiger charge is -2.29. The first kappa shape index (κ1) is 20.4. The quantitative estimate of drug-likeness (QED) is 0.618. The fraction of sp³-hybridized carbons (Fsp3) is 0.304. The van der Waals surface area contributed by atoms with Crippen molar-refractivity contribution in [2.45, 2.75) is 43.5 Å². The van der Waals surface area contributed by atoms with Crippen LogP contribution in [0, 0.1) is 0 Å². The van der Waals surface area contributed by atoms with Crippen LogP contribution in [0.25, 0.3) is 10.8 Å². The van der Waals surface area contributed by atoms with Crippen LogP contribution in [0.15, 0.2) is 71.6 Å². The van der Waals surface area contributed by atoms with Gasteiger partial charge in [-0.05, 0) is 59.4 Å². The van der Waals surface area contributed by atoms with Gasteiger partial charge in [-0.1, -0.05) is 56.3 Å². The van der Waals surface area contributed by atoms with Crippen molar-refractivity contribution in [3.05, 3.63) is 72.3 Å². The molecule has 0 aliphatic carbocycles. The van der Waals surface area contributed by atoms with Crippen molar-refractivity contribution < 1.29 is 13.2 Å². The smallest absolute Gasteiger partial charge is 0.240 e. The number of rotatable bonds is 7. The van der Waals surface area contributed by atoms with Crippen molar-refractivity contribution in [1.29, 1.82) is 0 Å². The number of hydrogen-bond acceptors (Lipinski definition) is 3. The van der Waals surface area contributed by atoms with Crippen LogP contribution in [0.3, 0.4) is 0 Å². The monoisotopic (exact) mass is 397 g/mol. The largest absolute Gasteiger partial charge is 0.497 e. The van der Waals surface area contributed by atoms with Crippen molar-refractivity contribution in [3.8, 4) is 5.75 Å². The Morgan fingerprint density at radius 2 is 1.61 bits per heavy atom. The maximum Gasteiger partial charge on any atom is 0.240 e. The number of nitrogens with one attached hydrogen (secondary N) is 1. The number of methoxy groups -OCH3 is 1. The van der Waals surface area contributed by atoms with E-state index in [0.717, 1.165) is 16.5 Å². The van der Waals surface area contributed by atoms with E-state index in [2.05, 4.69) is 30.7 Å². The molecular formula is C23H27NO3S. The predicted molar refractivity (Wildman–Crippen MR) is 114 cm³/mol. The summed E-state index contributed by atoms with van der Waals surface area (Å²) in [5, 5.41) is 1.80. The highest BCUT2D eigenvalue weighted by Crippen LogP contribution is 2.29. The van der Waals surface area contributed by atoms with Gasteiger partial charge >= 0.3 is 0 Å². The molecule has 0 aliphatic rings. The normalized spacial score (nSPS) is 13.4. The molecule has 5 heteroatoms. The Bertz CT molecular complexity index is 1060. The van der Waals surface area contributed by atoms with Gasteiger partial charge in [-0.3, -0.25) is 0 Å². The van der Waals surface area contributed by atoms with Crippen LogP contribution >= 0.6 is 0 Å². The fourth-order valence-corrected chi connectivity index (χ4v) is 4.92. The number of fused-ring (bicyclic) bond motifs is 1. The minimum atomic E-state index is -3.60. The lowest BCUT2D eigenvalue weighted by Crippen LogP contribution is -2.37. The molecule has 0 saturated carbocycles. The molecule has 0 spiro atoms. The van der Waals surface area contributed by atoms with E-state index >= 15 is 0 Å². The summed E-state index contributed by atoms with van der Waals surface area (Å²) in [7, 11) is -1.99. The van der Waals surface area contributed by atoms with Gasteiger partial charge in [0.05, 0.1) is 12.0 Å². The topological polar surface area (TPSA) is 55.4 Å². The van der Waals surface area contributed by atoms with Gasteiger partial charge in [0.2, 0.25) is 10.0 Å². The lowest BCUT2D eigenvalue weighted by atomic mass is 9.79. The van der Waals surface area contributed by atoms with Crippen molar-refractivity contribution in [1.82, 2.24) is 4.72 Å². The Hall–Kier alpha value is -2.37. The van der Waals surface area contributed by atoms with Gasteiger partial charge in [0.1, 0.15) is 5.75 Å². The molecule has 3 aromatic rings. The van der Waals surface area contributed by atoms with E-state index in [0.29, 0.717) is 6.42 Å². The van der Waals surface area contributed by atoms with E-state index in [1.54, 1.807) is 19.2 Å². The van der Waals surface area contributed by atoms with Gasteiger partial charge in [-0.25, -0.2) is 13.1 Å². The molecule has 0 fully saturated rings. The number of hydrogen-bond donors (Lipinski definition) is 1. The van der Waals surface area contributed by atoms with Crippen LogP contribution in [0.5, 0.6) is 5.75 Å². The molecule has 0 saturated heterocycles. The molecule has 148 valence electrons. The summed E-state index contributed by atoms with van der Waals surface area (Å²) < 4.78 is 33.8. The molecule has 0 aliphatic heterocycles. The summed E-state index contributed by atoms with van der Waals surface area (Å²) in [5.74, 6) is 0.748. The number of sulfonamides is 1. The maximum atomic E-state index is 12.9. The summed E-state index contributed by atoms with van der Waals surface area (Å²) >= 11 is 0. The Morgan fingerprint density at radius 3 is 2.29 bits per heavy atom. The zero-order valence-electron chi connectivity index (χ0n) is 16.8. The second-order valence-electron chi connectivity index (χ2n) is 7.85. The third-order valence-corrected chi connectivity index (χ3v) is 6.64. The zero-order chi connectivity index (χ0) is 20.4. The van der Waals surface area contributed by atoms with E-state index in [1.165, 1.54) is 5.56 Å². The molecule has 1 N–H and O–H groups in total. The fourth-order valence-electron chi connectivity index (χ4n) is 3.64. The Kier molecular flexibility index (Phi) is 5.77. The van der Waals surface area contributed by atoms with E-state index in [-0.39, 0.29) is 16.4 Å². The van der Waals surface area contributed by atoms with E-state index in [4.69, 9.17) is 4.74 Å². The third-order valence-electron chi connectivity index (χ3n) is 5.06. The van der Waals surface area contributed by atoms with Crippen LogP contribution in [-0.2, 0) is 15.4 Å². The van der Waals surface area contributed by atoms with Crippen LogP contribution in [0.1, 0.15) is 32.8 Å². The predicted octanol–water partition coefficient (Wildman–Crippen LogP) is 4.88. The molecule has 4 nitrogen and oxygen atoms in total. The van der Waals surface area contributed by atoms with Gasteiger partial charge in [-0.15, -0.1) is 0 Å². The third kappa shape index (κ3) is 4.54. The summed E-state index contributed by atoms with van der Waals surface area (Å²) in [6.45, 7) is 6.18. The van der Waals surface area contributed by atoms with Crippen molar-refractivity contribution >= 4 is 20.8 Å². The molecule has 0 unspecified atom stereocenters. The van der Waals surface area contributed by atoms with Crippen molar-refractivity contribution in [2.24, 2.45) is 0 Å². The molecule has 0 radical (unpaired) electrons. The summed E-state index contributed by atoms with van der Waals surface area (Å²) in [6, 6.07) is 20.7. The van der Waals surface area contributed by atoms with Crippen molar-refractivity contribution in [2.75, 3.05) is 7.11 Å². The Morgan fingerprint density at radius 1 is 0.964 bits per heavy atom. The van der Waals surface area contributed by atoms with Crippen molar-refractivity contribution in [3.63, 3.8) is 0 Å². The van der Waals surface area contributed by atoms with E-state index in [1.807, 2.05) is 49.4 Å². The number of benzene rings is 3. The highest BCUT2D eigenvalue weighted by molar-refractivity contribution is 7.89. The van der Waals surface area contributed by atoms with Gasteiger partial charge in [0.25, 0.3) is 0 Å². The average molecular weight is 398 g/mol. The van der Waals surface area contributed by atoms with Gasteiger partial charge < -0.3 is 4.74 Å². The standard InChI is InChI=1S/C23H27NO3S/c1-17(16-23(2,3)20-8-6-5-7-9-20)24-28(25,26)22-13-11-18-14-21(27-4)12-10-19(18)15-22/h5-15,17,24H,16H2,1-4H3/t17-/m1/s1. The second kappa shape index (κ2) is 7.94. The van der Waals surface area contributed by atoms with Crippen LogP contribution < -0.4 is 9.46 Å². The first-order valence-corrected chi connectivity index (χ1v) is 10.9. The first-order chi connectivity index (χ1) is 13.2. The summed E-state index contributed by atoms with van der Waals surface area (Å²) in [6.07, 6.45) is 0.695. The number of ether oxygens (including phenoxy) is 1. The molecule has 3 rings (SSSR count). The minimum absolute atomic E-state index is 0.136. The van der Waals surface area contributed by atoms with E-state index < -0.39 is 10.0 Å². The van der Waals surface area contributed by atoms with Gasteiger partial charge in [0.15, 0.2) is 0 Å². The zero-order valence-corrected chi connectivity index (χ0v) is 17.6. The SMILES string of the molecule is COc1ccc2cc(S(=O)(=O)N[C@H](C)CC(C)(C)c3ccccc3)ccc2c1. The minimum Gasteiger partial charge on any atom is -0.497 e. The van der Waals surface area contributed by atoms with E-state index in [9.17, 15) is 8.42 Å². The Balaban J connectivity index is 1.78. The highest BCUT2D eigenvalue weighted by Gasteiger charge is 2.26. The molecule has 0 amide bonds. The molecular weight excluding hydrogens is 370 g/mol. The molecule has 0 bridgehead atoms. The van der Waals surface area contributed by atoms with Crippen LogP contribution in [0.2, 0.25) is 0 Å².